The normalized spacial score (nSPS) is 15.5. The maximum atomic E-state index is 5.42. The first-order valence-electron chi connectivity index (χ1n) is 7.89. The number of H-pyrrole nitrogens is 1. The van der Waals surface area contributed by atoms with Crippen LogP contribution < -0.4 is 4.74 Å². The third-order valence-electron chi connectivity index (χ3n) is 5.20. The van der Waals surface area contributed by atoms with Crippen molar-refractivity contribution in [2.24, 2.45) is 0 Å². The van der Waals surface area contributed by atoms with Gasteiger partial charge in [0.15, 0.2) is 0 Å². The number of likely N-dealkylation sites (N-methyl/N-ethyl adjacent to an activating group) is 1. The number of ether oxygens (including phenoxy) is 1. The Balaban J connectivity index is 2.13. The first-order valence-corrected chi connectivity index (χ1v) is 7.89. The van der Waals surface area contributed by atoms with E-state index in [1.807, 2.05) is 6.07 Å². The van der Waals surface area contributed by atoms with Crippen LogP contribution in [0.1, 0.15) is 22.3 Å². The highest BCUT2D eigenvalue weighted by molar-refractivity contribution is 6.11. The van der Waals surface area contributed by atoms with Gasteiger partial charge in [0.2, 0.25) is 0 Å². The average molecular weight is 294 g/mol. The Hall–Kier alpha value is -2.00. The minimum absolute atomic E-state index is 0.917. The zero-order chi connectivity index (χ0) is 15.4. The largest absolute Gasteiger partial charge is 0.497 e. The van der Waals surface area contributed by atoms with Gasteiger partial charge in [-0.25, -0.2) is 0 Å². The van der Waals surface area contributed by atoms with Gasteiger partial charge >= 0.3 is 0 Å². The molecule has 1 N–H and O–H groups in total. The van der Waals surface area contributed by atoms with Gasteiger partial charge in [0.25, 0.3) is 0 Å². The van der Waals surface area contributed by atoms with Crippen molar-refractivity contribution in [1.29, 1.82) is 0 Å². The Bertz CT molecular complexity index is 892. The van der Waals surface area contributed by atoms with Crippen LogP contribution in [0.5, 0.6) is 5.75 Å². The zero-order valence-electron chi connectivity index (χ0n) is 13.7. The molecule has 0 aliphatic carbocycles. The number of nitrogens with one attached hydrogen (secondary N) is 1. The molecule has 0 amide bonds. The highest BCUT2D eigenvalue weighted by Crippen LogP contribution is 2.38. The number of rotatable bonds is 1. The van der Waals surface area contributed by atoms with Crippen molar-refractivity contribution in [2.75, 3.05) is 20.7 Å². The van der Waals surface area contributed by atoms with E-state index in [1.54, 1.807) is 12.7 Å². The fraction of sp³-hybridized carbons (Fsp3) is 0.368. The molecule has 0 radical (unpaired) electrons. The van der Waals surface area contributed by atoms with Crippen LogP contribution in [-0.2, 0) is 13.0 Å². The molecule has 114 valence electrons. The molecule has 0 atom stereocenters. The van der Waals surface area contributed by atoms with E-state index in [2.05, 4.69) is 42.9 Å². The molecular weight excluding hydrogens is 272 g/mol. The number of aromatic nitrogens is 1. The van der Waals surface area contributed by atoms with Gasteiger partial charge in [-0.15, -0.1) is 0 Å². The Kier molecular flexibility index (Phi) is 2.95. The summed E-state index contributed by atoms with van der Waals surface area (Å²) in [5.74, 6) is 0.917. The molecule has 1 aliphatic heterocycles. The summed E-state index contributed by atoms with van der Waals surface area (Å²) in [5.41, 5.74) is 8.38. The third-order valence-corrected chi connectivity index (χ3v) is 5.20. The van der Waals surface area contributed by atoms with Crippen molar-refractivity contribution in [1.82, 2.24) is 9.88 Å². The predicted molar refractivity (Wildman–Crippen MR) is 91.9 cm³/mol. The van der Waals surface area contributed by atoms with Crippen LogP contribution in [0.2, 0.25) is 0 Å². The summed E-state index contributed by atoms with van der Waals surface area (Å²) in [7, 11) is 3.94. The number of aryl methyl sites for hydroxylation is 2. The molecule has 3 aromatic rings. The first-order chi connectivity index (χ1) is 10.6. The SMILES string of the molecule is COc1ccc2[nH]c3c(C)c4c(c(C)c3c2c1)CN(C)CC4. The Morgan fingerprint density at radius 3 is 2.73 bits per heavy atom. The summed E-state index contributed by atoms with van der Waals surface area (Å²) in [4.78, 5) is 6.04. The topological polar surface area (TPSA) is 28.3 Å². The third kappa shape index (κ3) is 1.78. The van der Waals surface area contributed by atoms with Gasteiger partial charge in [0.05, 0.1) is 7.11 Å². The molecule has 2 heterocycles. The second kappa shape index (κ2) is 4.75. The fourth-order valence-corrected chi connectivity index (χ4v) is 3.93. The van der Waals surface area contributed by atoms with Gasteiger partial charge in [-0.1, -0.05) is 0 Å². The Morgan fingerprint density at radius 2 is 1.95 bits per heavy atom. The molecule has 0 unspecified atom stereocenters. The van der Waals surface area contributed by atoms with Crippen LogP contribution in [0.25, 0.3) is 21.8 Å². The second-order valence-electron chi connectivity index (χ2n) is 6.48. The standard InChI is InChI=1S/C19H22N2O/c1-11-16-10-21(3)8-7-14(16)12(2)19-18(11)15-9-13(22-4)5-6-17(15)20-19/h5-6,9,20H,7-8,10H2,1-4H3. The van der Waals surface area contributed by atoms with E-state index in [1.165, 1.54) is 38.5 Å². The molecule has 3 nitrogen and oxygen atoms in total. The van der Waals surface area contributed by atoms with E-state index in [4.69, 9.17) is 4.74 Å². The molecule has 0 saturated heterocycles. The molecule has 3 heteroatoms. The van der Waals surface area contributed by atoms with Crippen LogP contribution in [0, 0.1) is 13.8 Å². The maximum absolute atomic E-state index is 5.42. The van der Waals surface area contributed by atoms with E-state index in [-0.39, 0.29) is 0 Å². The lowest BCUT2D eigenvalue weighted by Gasteiger charge is -2.28. The minimum atomic E-state index is 0.917. The Labute approximate surface area is 130 Å². The molecule has 22 heavy (non-hydrogen) atoms. The van der Waals surface area contributed by atoms with E-state index in [0.717, 1.165) is 25.3 Å². The van der Waals surface area contributed by atoms with Gasteiger partial charge in [-0.05, 0) is 67.8 Å². The molecular formula is C19H22N2O. The highest BCUT2D eigenvalue weighted by Gasteiger charge is 2.22. The smallest absolute Gasteiger partial charge is 0.119 e. The number of fused-ring (bicyclic) bond motifs is 4. The lowest BCUT2D eigenvalue weighted by atomic mass is 9.88. The average Bonchev–Trinajstić information content (AvgIpc) is 2.91. The van der Waals surface area contributed by atoms with Crippen molar-refractivity contribution >= 4 is 21.8 Å². The number of nitrogens with zero attached hydrogens (tertiary/aromatic N) is 1. The summed E-state index contributed by atoms with van der Waals surface area (Å²) in [5, 5.41) is 2.63. The monoisotopic (exact) mass is 294 g/mol. The summed E-state index contributed by atoms with van der Waals surface area (Å²) in [6.07, 6.45) is 1.15. The van der Waals surface area contributed by atoms with Crippen molar-refractivity contribution in [3.8, 4) is 5.75 Å². The summed E-state index contributed by atoms with van der Waals surface area (Å²) in [6.45, 7) is 6.73. The van der Waals surface area contributed by atoms with Crippen LogP contribution in [0.4, 0.5) is 0 Å². The van der Waals surface area contributed by atoms with Crippen LogP contribution >= 0.6 is 0 Å². The molecule has 2 aromatic carbocycles. The molecule has 4 rings (SSSR count). The highest BCUT2D eigenvalue weighted by atomic mass is 16.5. The summed E-state index contributed by atoms with van der Waals surface area (Å²) >= 11 is 0. The molecule has 0 bridgehead atoms. The van der Waals surface area contributed by atoms with Crippen molar-refractivity contribution in [2.45, 2.75) is 26.8 Å². The molecule has 0 saturated carbocycles. The van der Waals surface area contributed by atoms with Gasteiger partial charge in [0.1, 0.15) is 5.75 Å². The number of hydrogen-bond donors (Lipinski definition) is 1. The first kappa shape index (κ1) is 13.6. The molecule has 0 fully saturated rings. The van der Waals surface area contributed by atoms with E-state index in [9.17, 15) is 0 Å². The van der Waals surface area contributed by atoms with Gasteiger partial charge in [-0.3, -0.25) is 0 Å². The quantitative estimate of drug-likeness (QED) is 0.736. The fourth-order valence-electron chi connectivity index (χ4n) is 3.93. The Morgan fingerprint density at radius 1 is 1.14 bits per heavy atom. The predicted octanol–water partition coefficient (Wildman–Crippen LogP) is 3.93. The number of methoxy groups -OCH3 is 1. The molecule has 0 spiro atoms. The summed E-state index contributed by atoms with van der Waals surface area (Å²) < 4.78 is 5.42. The van der Waals surface area contributed by atoms with Crippen LogP contribution in [0.3, 0.4) is 0 Å². The van der Waals surface area contributed by atoms with E-state index < -0.39 is 0 Å². The van der Waals surface area contributed by atoms with Gasteiger partial charge < -0.3 is 14.6 Å². The van der Waals surface area contributed by atoms with Gasteiger partial charge in [-0.2, -0.15) is 0 Å². The second-order valence-corrected chi connectivity index (χ2v) is 6.48. The zero-order valence-corrected chi connectivity index (χ0v) is 13.7. The van der Waals surface area contributed by atoms with E-state index >= 15 is 0 Å². The molecule has 1 aliphatic rings. The van der Waals surface area contributed by atoms with Crippen LogP contribution in [0.15, 0.2) is 18.2 Å². The number of aromatic amines is 1. The lowest BCUT2D eigenvalue weighted by Crippen LogP contribution is -2.28. The van der Waals surface area contributed by atoms with Gasteiger partial charge in [0, 0.05) is 34.9 Å². The van der Waals surface area contributed by atoms with E-state index in [0.29, 0.717) is 0 Å². The van der Waals surface area contributed by atoms with Crippen molar-refractivity contribution < 1.29 is 4.74 Å². The minimum Gasteiger partial charge on any atom is -0.497 e. The number of benzene rings is 2. The maximum Gasteiger partial charge on any atom is 0.119 e. The lowest BCUT2D eigenvalue weighted by molar-refractivity contribution is 0.312. The van der Waals surface area contributed by atoms with Crippen LogP contribution in [-0.4, -0.2) is 30.6 Å². The van der Waals surface area contributed by atoms with Crippen molar-refractivity contribution in [3.63, 3.8) is 0 Å². The molecule has 1 aromatic heterocycles. The van der Waals surface area contributed by atoms with Crippen molar-refractivity contribution in [3.05, 3.63) is 40.5 Å². The summed E-state index contributed by atoms with van der Waals surface area (Å²) in [6, 6.07) is 6.30. The number of hydrogen-bond acceptors (Lipinski definition) is 2.